The lowest BCUT2D eigenvalue weighted by Gasteiger charge is -2.22. The van der Waals surface area contributed by atoms with Crippen LogP contribution in [0.3, 0.4) is 0 Å². The number of anilines is 3. The molecule has 1 amide bonds. The highest BCUT2D eigenvalue weighted by atomic mass is 32.2. The van der Waals surface area contributed by atoms with Gasteiger partial charge in [0, 0.05) is 11.9 Å². The number of halogens is 2. The number of ether oxygens (including phenoxy) is 1. The molecule has 0 spiro atoms. The van der Waals surface area contributed by atoms with E-state index in [0.717, 1.165) is 33.3 Å². The van der Waals surface area contributed by atoms with Crippen molar-refractivity contribution in [1.29, 1.82) is 0 Å². The van der Waals surface area contributed by atoms with Gasteiger partial charge in [-0.1, -0.05) is 12.1 Å². The third-order valence-electron chi connectivity index (χ3n) is 5.38. The highest BCUT2D eigenvalue weighted by molar-refractivity contribution is 7.80. The van der Waals surface area contributed by atoms with E-state index >= 15 is 4.39 Å². The Labute approximate surface area is 211 Å². The SMILES string of the molecule is COc1ccc(CCCN(c2ccc(F)c(NC(=O)c3csc4c(N)ncnc34)c2F)S(=O)O)cc1. The van der Waals surface area contributed by atoms with Gasteiger partial charge in [-0.3, -0.25) is 13.7 Å². The van der Waals surface area contributed by atoms with Crippen LogP contribution in [0, 0.1) is 11.6 Å². The first-order chi connectivity index (χ1) is 17.3. The molecule has 0 saturated heterocycles. The number of thiophene rings is 1. The molecule has 9 nitrogen and oxygen atoms in total. The van der Waals surface area contributed by atoms with Crippen LogP contribution < -0.4 is 20.1 Å². The predicted octanol–water partition coefficient (Wildman–Crippen LogP) is 4.39. The standard InChI is InChI=1S/C23H21F2N5O4S2/c1-34-14-6-4-13(5-7-14)3-2-10-30(36(32)33)17-9-8-16(24)20(18(17)25)29-23(31)15-11-35-21-19(15)27-12-28-22(21)26/h4-9,11-12H,2-3,10H2,1H3,(H,29,31)(H,32,33)(H2,26,27,28). The summed E-state index contributed by atoms with van der Waals surface area (Å²) in [5, 5.41) is 3.67. The molecule has 0 aliphatic carbocycles. The predicted molar refractivity (Wildman–Crippen MR) is 136 cm³/mol. The van der Waals surface area contributed by atoms with E-state index in [2.05, 4.69) is 15.3 Å². The number of carbonyl (C=O) groups is 1. The second-order valence-corrected chi connectivity index (χ2v) is 9.36. The number of amides is 1. The lowest BCUT2D eigenvalue weighted by Crippen LogP contribution is -2.28. The van der Waals surface area contributed by atoms with Gasteiger partial charge in [0.25, 0.3) is 17.2 Å². The van der Waals surface area contributed by atoms with E-state index in [1.165, 1.54) is 11.7 Å². The molecule has 4 aromatic rings. The van der Waals surface area contributed by atoms with Crippen LogP contribution in [0.4, 0.5) is 26.0 Å². The minimum absolute atomic E-state index is 0.00353. The second-order valence-electron chi connectivity index (χ2n) is 7.58. The molecule has 2 heterocycles. The van der Waals surface area contributed by atoms with Crippen molar-refractivity contribution >= 4 is 55.9 Å². The number of aryl methyl sites for hydroxylation is 1. The summed E-state index contributed by atoms with van der Waals surface area (Å²) in [7, 11) is 1.56. The highest BCUT2D eigenvalue weighted by Gasteiger charge is 2.24. The average Bonchev–Trinajstić information content (AvgIpc) is 3.31. The van der Waals surface area contributed by atoms with E-state index in [1.807, 2.05) is 12.1 Å². The normalized spacial score (nSPS) is 11.9. The van der Waals surface area contributed by atoms with Gasteiger partial charge in [-0.25, -0.2) is 23.0 Å². The molecule has 4 rings (SSSR count). The molecule has 0 aliphatic heterocycles. The number of hydrogen-bond donors (Lipinski definition) is 3. The summed E-state index contributed by atoms with van der Waals surface area (Å²) in [5.74, 6) is -2.15. The smallest absolute Gasteiger partial charge is 0.261 e. The molecule has 13 heteroatoms. The van der Waals surface area contributed by atoms with E-state index in [9.17, 15) is 17.9 Å². The number of nitrogen functional groups attached to an aromatic ring is 1. The number of nitrogens with two attached hydrogens (primary N) is 1. The van der Waals surface area contributed by atoms with Gasteiger partial charge < -0.3 is 15.8 Å². The minimum atomic E-state index is -2.60. The van der Waals surface area contributed by atoms with Crippen molar-refractivity contribution in [1.82, 2.24) is 9.97 Å². The topological polar surface area (TPSA) is 131 Å². The molecule has 0 radical (unpaired) electrons. The minimum Gasteiger partial charge on any atom is -0.497 e. The number of aromatic nitrogens is 2. The monoisotopic (exact) mass is 533 g/mol. The number of hydrogen-bond acceptors (Lipinski definition) is 7. The van der Waals surface area contributed by atoms with Gasteiger partial charge in [0.15, 0.2) is 5.82 Å². The fourth-order valence-electron chi connectivity index (χ4n) is 3.56. The molecule has 2 aromatic carbocycles. The average molecular weight is 534 g/mol. The molecule has 36 heavy (non-hydrogen) atoms. The van der Waals surface area contributed by atoms with Gasteiger partial charge in [0.05, 0.1) is 28.6 Å². The van der Waals surface area contributed by atoms with Crippen molar-refractivity contribution in [2.24, 2.45) is 0 Å². The first-order valence-electron chi connectivity index (χ1n) is 10.6. The van der Waals surface area contributed by atoms with E-state index in [-0.39, 0.29) is 29.1 Å². The van der Waals surface area contributed by atoms with Crippen LogP contribution in [0.5, 0.6) is 5.75 Å². The van der Waals surface area contributed by atoms with E-state index in [4.69, 9.17) is 10.5 Å². The summed E-state index contributed by atoms with van der Waals surface area (Å²) < 4.78 is 58.2. The summed E-state index contributed by atoms with van der Waals surface area (Å²) in [6, 6.07) is 9.28. The molecular formula is C23H21F2N5O4S2. The van der Waals surface area contributed by atoms with Gasteiger partial charge in [-0.2, -0.15) is 0 Å². The third-order valence-corrected chi connectivity index (χ3v) is 7.13. The Kier molecular flexibility index (Phi) is 7.72. The lowest BCUT2D eigenvalue weighted by molar-refractivity contribution is 0.102. The molecule has 0 bridgehead atoms. The van der Waals surface area contributed by atoms with Crippen LogP contribution in [0.25, 0.3) is 10.2 Å². The Balaban J connectivity index is 1.54. The number of fused-ring (bicyclic) bond motifs is 1. The molecule has 0 aliphatic rings. The summed E-state index contributed by atoms with van der Waals surface area (Å²) in [5.41, 5.74) is 5.98. The first kappa shape index (κ1) is 25.4. The molecule has 188 valence electrons. The zero-order chi connectivity index (χ0) is 25.8. The number of nitrogens with one attached hydrogen (secondary N) is 1. The summed E-state index contributed by atoms with van der Waals surface area (Å²) >= 11 is -1.47. The van der Waals surface area contributed by atoms with E-state index in [1.54, 1.807) is 19.2 Å². The third kappa shape index (κ3) is 5.27. The maximum atomic E-state index is 15.4. The molecule has 0 saturated carbocycles. The Morgan fingerprint density at radius 3 is 2.67 bits per heavy atom. The largest absolute Gasteiger partial charge is 0.497 e. The Hall–Kier alpha value is -3.68. The first-order valence-corrected chi connectivity index (χ1v) is 12.5. The zero-order valence-corrected chi connectivity index (χ0v) is 20.5. The summed E-state index contributed by atoms with van der Waals surface area (Å²) in [4.78, 5) is 20.7. The molecule has 4 N–H and O–H groups in total. The van der Waals surface area contributed by atoms with Gasteiger partial charge in [-0.15, -0.1) is 11.3 Å². The number of benzene rings is 2. The van der Waals surface area contributed by atoms with Gasteiger partial charge in [-0.05, 0) is 42.7 Å². The van der Waals surface area contributed by atoms with Crippen molar-refractivity contribution in [3.63, 3.8) is 0 Å². The molecule has 1 unspecified atom stereocenters. The molecule has 0 fully saturated rings. The maximum Gasteiger partial charge on any atom is 0.261 e. The van der Waals surface area contributed by atoms with Crippen molar-refractivity contribution in [2.45, 2.75) is 12.8 Å². The van der Waals surface area contributed by atoms with Crippen LogP contribution >= 0.6 is 11.3 Å². The van der Waals surface area contributed by atoms with Crippen LogP contribution in [0.1, 0.15) is 22.3 Å². The van der Waals surface area contributed by atoms with Gasteiger partial charge in [0.1, 0.15) is 29.4 Å². The highest BCUT2D eigenvalue weighted by Crippen LogP contribution is 2.32. The Bertz CT molecular complexity index is 1430. The summed E-state index contributed by atoms with van der Waals surface area (Å²) in [6.07, 6.45) is 2.13. The number of rotatable bonds is 9. The van der Waals surface area contributed by atoms with E-state index in [0.29, 0.717) is 23.3 Å². The van der Waals surface area contributed by atoms with Crippen molar-refractivity contribution in [3.05, 3.63) is 70.9 Å². The lowest BCUT2D eigenvalue weighted by atomic mass is 10.1. The van der Waals surface area contributed by atoms with Crippen LogP contribution in [0.2, 0.25) is 0 Å². The number of methoxy groups -OCH3 is 1. The Morgan fingerprint density at radius 1 is 1.22 bits per heavy atom. The molecule has 2 aromatic heterocycles. The van der Waals surface area contributed by atoms with Gasteiger partial charge >= 0.3 is 0 Å². The molecule has 1 atom stereocenters. The fraction of sp³-hybridized carbons (Fsp3) is 0.174. The van der Waals surface area contributed by atoms with Crippen LogP contribution in [-0.2, 0) is 17.7 Å². The van der Waals surface area contributed by atoms with Crippen molar-refractivity contribution in [3.8, 4) is 5.75 Å². The second kappa shape index (κ2) is 10.9. The Morgan fingerprint density at radius 2 is 1.97 bits per heavy atom. The van der Waals surface area contributed by atoms with Crippen molar-refractivity contribution < 1.29 is 27.1 Å². The maximum absolute atomic E-state index is 15.4. The number of carbonyl (C=O) groups excluding carboxylic acids is 1. The van der Waals surface area contributed by atoms with Crippen molar-refractivity contribution in [2.75, 3.05) is 29.0 Å². The zero-order valence-electron chi connectivity index (χ0n) is 18.9. The van der Waals surface area contributed by atoms with Crippen LogP contribution in [-0.4, -0.2) is 38.3 Å². The fourth-order valence-corrected chi connectivity index (χ4v) is 5.06. The van der Waals surface area contributed by atoms with E-state index < -0.39 is 34.5 Å². The quantitative estimate of drug-likeness (QED) is 0.272. The summed E-state index contributed by atoms with van der Waals surface area (Å²) in [6.45, 7) is -0.00353. The molecular weight excluding hydrogens is 512 g/mol. The van der Waals surface area contributed by atoms with Gasteiger partial charge in [0.2, 0.25) is 0 Å². The van der Waals surface area contributed by atoms with Crippen LogP contribution in [0.15, 0.2) is 48.1 Å². The number of nitrogens with zero attached hydrogens (tertiary/aromatic N) is 3.